The molecule has 0 spiro atoms. The Balaban J connectivity index is 2.62. The first kappa shape index (κ1) is 15.2. The van der Waals surface area contributed by atoms with Crippen LogP contribution in [0, 0.1) is 0 Å². The molecule has 0 aliphatic heterocycles. The number of nitrogens with zero attached hydrogens (tertiary/aromatic N) is 2. The number of hydrogen-bond acceptors (Lipinski definition) is 4. The molecular weight excluding hydrogens is 250 g/mol. The second-order valence-electron chi connectivity index (χ2n) is 4.37. The molecule has 1 heterocycles. The van der Waals surface area contributed by atoms with Gasteiger partial charge >= 0.3 is 0 Å². The van der Waals surface area contributed by atoms with Gasteiger partial charge in [-0.15, -0.1) is 0 Å². The fourth-order valence-electron chi connectivity index (χ4n) is 1.62. The average Bonchev–Trinajstić information content (AvgIpc) is 2.37. The van der Waals surface area contributed by atoms with Crippen molar-refractivity contribution in [2.24, 2.45) is 0 Å². The summed E-state index contributed by atoms with van der Waals surface area (Å²) in [7, 11) is 2.00. The molecule has 1 rings (SSSR count). The van der Waals surface area contributed by atoms with Gasteiger partial charge in [0.15, 0.2) is 0 Å². The van der Waals surface area contributed by atoms with Crippen molar-refractivity contribution in [3.63, 3.8) is 0 Å². The minimum absolute atomic E-state index is 0.212. The summed E-state index contributed by atoms with van der Waals surface area (Å²) >= 11 is 6.14. The van der Waals surface area contributed by atoms with Crippen molar-refractivity contribution in [1.82, 2.24) is 9.88 Å². The maximum absolute atomic E-state index is 8.80. The van der Waals surface area contributed by atoms with Gasteiger partial charge in [-0.05, 0) is 32.0 Å². The summed E-state index contributed by atoms with van der Waals surface area (Å²) in [4.78, 5) is 6.62. The maximum Gasteiger partial charge on any atom is 0.126 e. The smallest absolute Gasteiger partial charge is 0.126 e. The fraction of sp³-hybridized carbons (Fsp3) is 0.615. The van der Waals surface area contributed by atoms with Crippen molar-refractivity contribution in [3.8, 4) is 0 Å². The van der Waals surface area contributed by atoms with Crippen LogP contribution in [0.25, 0.3) is 0 Å². The van der Waals surface area contributed by atoms with E-state index in [1.54, 1.807) is 0 Å². The largest absolute Gasteiger partial charge is 0.396 e. The third-order valence-corrected chi connectivity index (χ3v) is 2.94. The summed E-state index contributed by atoms with van der Waals surface area (Å²) in [6, 6.07) is 3.77. The van der Waals surface area contributed by atoms with Gasteiger partial charge in [-0.1, -0.05) is 18.5 Å². The van der Waals surface area contributed by atoms with Crippen LogP contribution < -0.4 is 5.32 Å². The van der Waals surface area contributed by atoms with Crippen LogP contribution in [0.3, 0.4) is 0 Å². The van der Waals surface area contributed by atoms with Crippen LogP contribution in [-0.4, -0.2) is 41.7 Å². The van der Waals surface area contributed by atoms with Gasteiger partial charge in [0.1, 0.15) is 5.82 Å². The second-order valence-corrected chi connectivity index (χ2v) is 4.77. The molecular formula is C13H22ClN3O. The Morgan fingerprint density at radius 2 is 2.22 bits per heavy atom. The summed E-state index contributed by atoms with van der Waals surface area (Å²) < 4.78 is 0. The normalized spacial score (nSPS) is 10.9. The lowest BCUT2D eigenvalue weighted by Gasteiger charge is -2.17. The van der Waals surface area contributed by atoms with Crippen LogP contribution in [0.2, 0.25) is 5.02 Å². The van der Waals surface area contributed by atoms with Gasteiger partial charge < -0.3 is 15.3 Å². The standard InChI is InChI=1S/C13H22ClN3O/c1-3-7-15-13-6-5-11(14)12(16-13)10-17(2)8-4-9-18/h5-6,18H,3-4,7-10H2,1-2H3,(H,15,16). The zero-order valence-electron chi connectivity index (χ0n) is 11.1. The zero-order chi connectivity index (χ0) is 13.4. The first-order valence-corrected chi connectivity index (χ1v) is 6.73. The highest BCUT2D eigenvalue weighted by molar-refractivity contribution is 6.31. The van der Waals surface area contributed by atoms with Crippen LogP contribution in [0.5, 0.6) is 0 Å². The Kier molecular flexibility index (Phi) is 7.01. The Labute approximate surface area is 114 Å². The summed E-state index contributed by atoms with van der Waals surface area (Å²) in [5, 5.41) is 12.7. The van der Waals surface area contributed by atoms with E-state index in [4.69, 9.17) is 16.7 Å². The van der Waals surface area contributed by atoms with E-state index in [1.165, 1.54) is 0 Å². The summed E-state index contributed by atoms with van der Waals surface area (Å²) in [5.41, 5.74) is 0.873. The highest BCUT2D eigenvalue weighted by Crippen LogP contribution is 2.18. The van der Waals surface area contributed by atoms with Crippen molar-refractivity contribution in [2.45, 2.75) is 26.3 Å². The number of aliphatic hydroxyl groups excluding tert-OH is 1. The van der Waals surface area contributed by atoms with Crippen molar-refractivity contribution in [3.05, 3.63) is 22.8 Å². The van der Waals surface area contributed by atoms with E-state index < -0.39 is 0 Å². The second kappa shape index (κ2) is 8.29. The number of halogens is 1. The third kappa shape index (κ3) is 5.21. The Morgan fingerprint density at radius 3 is 2.89 bits per heavy atom. The van der Waals surface area contributed by atoms with Gasteiger partial charge in [-0.25, -0.2) is 4.98 Å². The van der Waals surface area contributed by atoms with Crippen LogP contribution in [0.4, 0.5) is 5.82 Å². The SMILES string of the molecule is CCCNc1ccc(Cl)c(CN(C)CCCO)n1. The number of rotatable bonds is 8. The molecule has 18 heavy (non-hydrogen) atoms. The summed E-state index contributed by atoms with van der Waals surface area (Å²) in [6.07, 6.45) is 1.83. The van der Waals surface area contributed by atoms with Crippen molar-refractivity contribution < 1.29 is 5.11 Å². The minimum Gasteiger partial charge on any atom is -0.396 e. The first-order valence-electron chi connectivity index (χ1n) is 6.36. The molecule has 102 valence electrons. The van der Waals surface area contributed by atoms with Gasteiger partial charge in [0.2, 0.25) is 0 Å². The van der Waals surface area contributed by atoms with E-state index in [2.05, 4.69) is 22.1 Å². The highest BCUT2D eigenvalue weighted by atomic mass is 35.5. The van der Waals surface area contributed by atoms with Crippen molar-refractivity contribution in [2.75, 3.05) is 32.1 Å². The van der Waals surface area contributed by atoms with Crippen LogP contribution in [0.1, 0.15) is 25.5 Å². The van der Waals surface area contributed by atoms with Crippen LogP contribution in [0.15, 0.2) is 12.1 Å². The average molecular weight is 272 g/mol. The summed E-state index contributed by atoms with van der Waals surface area (Å²) in [6.45, 7) is 4.77. The molecule has 0 saturated carbocycles. The molecule has 0 unspecified atom stereocenters. The monoisotopic (exact) mass is 271 g/mol. The van der Waals surface area contributed by atoms with Gasteiger partial charge in [0, 0.05) is 26.2 Å². The first-order chi connectivity index (χ1) is 8.67. The predicted octanol–water partition coefficient (Wildman–Crippen LogP) is 2.37. The molecule has 0 saturated heterocycles. The lowest BCUT2D eigenvalue weighted by Crippen LogP contribution is -2.21. The highest BCUT2D eigenvalue weighted by Gasteiger charge is 2.07. The van der Waals surface area contributed by atoms with E-state index in [0.29, 0.717) is 11.6 Å². The zero-order valence-corrected chi connectivity index (χ0v) is 11.9. The van der Waals surface area contributed by atoms with Gasteiger partial charge in [-0.3, -0.25) is 0 Å². The Bertz CT molecular complexity index is 360. The molecule has 0 atom stereocenters. The van der Waals surface area contributed by atoms with Gasteiger partial charge in [-0.2, -0.15) is 0 Å². The van der Waals surface area contributed by atoms with Crippen LogP contribution in [-0.2, 0) is 6.54 Å². The van der Waals surface area contributed by atoms with E-state index in [1.807, 2.05) is 19.2 Å². The molecule has 0 bridgehead atoms. The van der Waals surface area contributed by atoms with E-state index >= 15 is 0 Å². The van der Waals surface area contributed by atoms with E-state index in [-0.39, 0.29) is 6.61 Å². The van der Waals surface area contributed by atoms with Crippen molar-refractivity contribution >= 4 is 17.4 Å². The molecule has 4 nitrogen and oxygen atoms in total. The lowest BCUT2D eigenvalue weighted by atomic mass is 10.3. The molecule has 1 aromatic heterocycles. The van der Waals surface area contributed by atoms with Crippen molar-refractivity contribution in [1.29, 1.82) is 0 Å². The molecule has 2 N–H and O–H groups in total. The number of aliphatic hydroxyl groups is 1. The maximum atomic E-state index is 8.80. The molecule has 0 amide bonds. The molecule has 0 aliphatic rings. The minimum atomic E-state index is 0.212. The number of anilines is 1. The molecule has 0 aliphatic carbocycles. The van der Waals surface area contributed by atoms with E-state index in [0.717, 1.165) is 37.4 Å². The van der Waals surface area contributed by atoms with E-state index in [9.17, 15) is 0 Å². The molecule has 0 fully saturated rings. The third-order valence-electron chi connectivity index (χ3n) is 2.59. The molecule has 5 heteroatoms. The number of aromatic nitrogens is 1. The van der Waals surface area contributed by atoms with Gasteiger partial charge in [0.05, 0.1) is 10.7 Å². The molecule has 0 radical (unpaired) electrons. The fourth-order valence-corrected chi connectivity index (χ4v) is 1.79. The lowest BCUT2D eigenvalue weighted by molar-refractivity contribution is 0.243. The van der Waals surface area contributed by atoms with Crippen LogP contribution >= 0.6 is 11.6 Å². The number of hydrogen-bond donors (Lipinski definition) is 2. The molecule has 0 aromatic carbocycles. The summed E-state index contributed by atoms with van der Waals surface area (Å²) in [5.74, 6) is 0.867. The topological polar surface area (TPSA) is 48.4 Å². The quantitative estimate of drug-likeness (QED) is 0.762. The molecule has 1 aromatic rings. The Morgan fingerprint density at radius 1 is 1.44 bits per heavy atom. The van der Waals surface area contributed by atoms with Gasteiger partial charge in [0.25, 0.3) is 0 Å². The number of nitrogens with one attached hydrogen (secondary N) is 1. The number of pyridine rings is 1. The predicted molar refractivity (Wildman–Crippen MR) is 76.1 cm³/mol. The Hall–Kier alpha value is -0.840.